The minimum absolute atomic E-state index is 0.452. The molecule has 2 heterocycles. The first kappa shape index (κ1) is 17.0. The van der Waals surface area contributed by atoms with Gasteiger partial charge in [-0.1, -0.05) is 16.8 Å². The van der Waals surface area contributed by atoms with Gasteiger partial charge in [-0.2, -0.15) is 4.98 Å². The molecule has 1 unspecified atom stereocenters. The zero-order chi connectivity index (χ0) is 16.9. The van der Waals surface area contributed by atoms with Gasteiger partial charge in [0.15, 0.2) is 11.5 Å². The van der Waals surface area contributed by atoms with Crippen LogP contribution in [0.25, 0.3) is 11.4 Å². The minimum Gasteiger partial charge on any atom is -0.493 e. The van der Waals surface area contributed by atoms with Crippen LogP contribution < -0.4 is 14.8 Å². The summed E-state index contributed by atoms with van der Waals surface area (Å²) in [6.07, 6.45) is 4.33. The van der Waals surface area contributed by atoms with Gasteiger partial charge in [-0.25, -0.2) is 0 Å². The topological polar surface area (TPSA) is 69.4 Å². The molecular formula is C17H22ClN3O3. The second-order valence-corrected chi connectivity index (χ2v) is 6.36. The lowest BCUT2D eigenvalue weighted by molar-refractivity contribution is 0.341. The van der Waals surface area contributed by atoms with E-state index in [4.69, 9.17) is 25.6 Å². The molecule has 1 aromatic heterocycles. The van der Waals surface area contributed by atoms with E-state index in [1.54, 1.807) is 26.4 Å². The summed E-state index contributed by atoms with van der Waals surface area (Å²) in [7, 11) is 3.12. The van der Waals surface area contributed by atoms with Gasteiger partial charge in [-0.15, -0.1) is 0 Å². The summed E-state index contributed by atoms with van der Waals surface area (Å²) in [6, 6.07) is 3.56. The third kappa shape index (κ3) is 3.82. The van der Waals surface area contributed by atoms with Crippen LogP contribution in [0, 0.1) is 5.92 Å². The number of benzene rings is 1. The molecule has 0 spiro atoms. The Morgan fingerprint density at radius 2 is 2.12 bits per heavy atom. The van der Waals surface area contributed by atoms with Gasteiger partial charge in [-0.3, -0.25) is 0 Å². The van der Waals surface area contributed by atoms with Crippen LogP contribution in [0.5, 0.6) is 11.5 Å². The van der Waals surface area contributed by atoms with Crippen LogP contribution in [0.3, 0.4) is 0 Å². The molecule has 0 bridgehead atoms. The first-order chi connectivity index (χ1) is 11.7. The fourth-order valence-corrected chi connectivity index (χ4v) is 3.33. The van der Waals surface area contributed by atoms with Crippen LogP contribution in [-0.4, -0.2) is 37.4 Å². The maximum Gasteiger partial charge on any atom is 0.227 e. The maximum atomic E-state index is 6.25. The molecule has 130 valence electrons. The number of aromatic nitrogens is 2. The van der Waals surface area contributed by atoms with E-state index in [9.17, 15) is 0 Å². The number of nitrogens with one attached hydrogen (secondary N) is 1. The average molecular weight is 352 g/mol. The molecule has 1 N–H and O–H groups in total. The second kappa shape index (κ2) is 7.85. The molecule has 2 aromatic rings. The SMILES string of the molecule is COc1cc(-c2noc(CC3CCCNCC3)n2)cc(Cl)c1OC. The van der Waals surface area contributed by atoms with Crippen LogP contribution in [0.1, 0.15) is 25.2 Å². The number of rotatable bonds is 5. The monoisotopic (exact) mass is 351 g/mol. The highest BCUT2D eigenvalue weighted by atomic mass is 35.5. The molecule has 0 aliphatic carbocycles. The lowest BCUT2D eigenvalue weighted by Gasteiger charge is -2.10. The van der Waals surface area contributed by atoms with Gasteiger partial charge in [0.1, 0.15) is 0 Å². The molecule has 1 atom stereocenters. The van der Waals surface area contributed by atoms with Crippen LogP contribution in [0.2, 0.25) is 5.02 Å². The van der Waals surface area contributed by atoms with Crippen LogP contribution in [0.4, 0.5) is 0 Å². The lowest BCUT2D eigenvalue weighted by Crippen LogP contribution is -2.14. The standard InChI is InChI=1S/C17H22ClN3O3/c1-22-14-10-12(9-13(18)16(14)23-2)17-20-15(24-21-17)8-11-4-3-6-19-7-5-11/h9-11,19H,3-8H2,1-2H3. The minimum atomic E-state index is 0.452. The molecule has 6 nitrogen and oxygen atoms in total. The van der Waals surface area contributed by atoms with Gasteiger partial charge in [0.05, 0.1) is 19.2 Å². The predicted molar refractivity (Wildman–Crippen MR) is 91.8 cm³/mol. The molecule has 7 heteroatoms. The molecule has 24 heavy (non-hydrogen) atoms. The van der Waals surface area contributed by atoms with E-state index < -0.39 is 0 Å². The smallest absolute Gasteiger partial charge is 0.227 e. The van der Waals surface area contributed by atoms with Crippen molar-refractivity contribution in [2.24, 2.45) is 5.92 Å². The number of hydrogen-bond donors (Lipinski definition) is 1. The van der Waals surface area contributed by atoms with Gasteiger partial charge in [0, 0.05) is 12.0 Å². The quantitative estimate of drug-likeness (QED) is 0.891. The second-order valence-electron chi connectivity index (χ2n) is 5.96. The Morgan fingerprint density at radius 1 is 1.25 bits per heavy atom. The van der Waals surface area contributed by atoms with Crippen molar-refractivity contribution in [1.82, 2.24) is 15.5 Å². The Kier molecular flexibility index (Phi) is 5.58. The summed E-state index contributed by atoms with van der Waals surface area (Å²) < 4.78 is 16.0. The Morgan fingerprint density at radius 3 is 2.92 bits per heavy atom. The van der Waals surface area contributed by atoms with Crippen LogP contribution in [-0.2, 0) is 6.42 Å². The molecular weight excluding hydrogens is 330 g/mol. The lowest BCUT2D eigenvalue weighted by atomic mass is 9.97. The molecule has 1 saturated heterocycles. The van der Waals surface area contributed by atoms with Gasteiger partial charge >= 0.3 is 0 Å². The largest absolute Gasteiger partial charge is 0.493 e. The Hall–Kier alpha value is -1.79. The van der Waals surface area contributed by atoms with E-state index in [1.165, 1.54) is 12.8 Å². The summed E-state index contributed by atoms with van der Waals surface area (Å²) in [6.45, 7) is 2.15. The molecule has 0 radical (unpaired) electrons. The van der Waals surface area contributed by atoms with Gasteiger partial charge in [0.25, 0.3) is 0 Å². The predicted octanol–water partition coefficient (Wildman–Crippen LogP) is 3.34. The Balaban J connectivity index is 1.78. The first-order valence-corrected chi connectivity index (χ1v) is 8.54. The zero-order valence-corrected chi connectivity index (χ0v) is 14.7. The van der Waals surface area contributed by atoms with Crippen molar-refractivity contribution < 1.29 is 14.0 Å². The van der Waals surface area contributed by atoms with E-state index >= 15 is 0 Å². The Bertz CT molecular complexity index is 682. The van der Waals surface area contributed by atoms with Crippen molar-refractivity contribution >= 4 is 11.6 Å². The highest BCUT2D eigenvalue weighted by Gasteiger charge is 2.19. The number of ether oxygens (including phenoxy) is 2. The molecule has 3 rings (SSSR count). The van der Waals surface area contributed by atoms with Crippen molar-refractivity contribution in [3.8, 4) is 22.9 Å². The van der Waals surface area contributed by atoms with Crippen molar-refractivity contribution in [3.05, 3.63) is 23.0 Å². The molecule has 1 aromatic carbocycles. The van der Waals surface area contributed by atoms with E-state index in [2.05, 4.69) is 15.5 Å². The van der Waals surface area contributed by atoms with Crippen molar-refractivity contribution in [3.63, 3.8) is 0 Å². The zero-order valence-electron chi connectivity index (χ0n) is 14.0. The number of hydrogen-bond acceptors (Lipinski definition) is 6. The van der Waals surface area contributed by atoms with Gasteiger partial charge in [-0.05, 0) is 50.4 Å². The van der Waals surface area contributed by atoms with E-state index in [0.29, 0.717) is 34.2 Å². The third-order valence-corrected chi connectivity index (χ3v) is 4.60. The molecule has 1 aliphatic heterocycles. The van der Waals surface area contributed by atoms with Crippen LogP contribution >= 0.6 is 11.6 Å². The highest BCUT2D eigenvalue weighted by molar-refractivity contribution is 6.32. The first-order valence-electron chi connectivity index (χ1n) is 8.16. The van der Waals surface area contributed by atoms with Crippen molar-refractivity contribution in [1.29, 1.82) is 0 Å². The fraction of sp³-hybridized carbons (Fsp3) is 0.529. The summed E-state index contributed by atoms with van der Waals surface area (Å²) in [5.41, 5.74) is 0.746. The number of methoxy groups -OCH3 is 2. The summed E-state index contributed by atoms with van der Waals surface area (Å²) in [5.74, 6) is 2.81. The van der Waals surface area contributed by atoms with Crippen molar-refractivity contribution in [2.45, 2.75) is 25.7 Å². The van der Waals surface area contributed by atoms with Gasteiger partial charge in [0.2, 0.25) is 11.7 Å². The molecule has 0 saturated carbocycles. The normalized spacial score (nSPS) is 18.2. The van der Waals surface area contributed by atoms with E-state index in [0.717, 1.165) is 31.5 Å². The Labute approximate surface area is 146 Å². The van der Waals surface area contributed by atoms with Gasteiger partial charge < -0.3 is 19.3 Å². The van der Waals surface area contributed by atoms with Crippen LogP contribution in [0.15, 0.2) is 16.7 Å². The maximum absolute atomic E-state index is 6.25. The van der Waals surface area contributed by atoms with E-state index in [1.807, 2.05) is 0 Å². The molecule has 0 amide bonds. The summed E-state index contributed by atoms with van der Waals surface area (Å²) in [5, 5.41) is 7.96. The fourth-order valence-electron chi connectivity index (χ4n) is 3.04. The summed E-state index contributed by atoms with van der Waals surface area (Å²) >= 11 is 6.25. The number of halogens is 1. The number of nitrogens with zero attached hydrogens (tertiary/aromatic N) is 2. The third-order valence-electron chi connectivity index (χ3n) is 4.32. The van der Waals surface area contributed by atoms with E-state index in [-0.39, 0.29) is 0 Å². The molecule has 1 aliphatic rings. The summed E-state index contributed by atoms with van der Waals surface area (Å²) in [4.78, 5) is 4.52. The molecule has 1 fully saturated rings. The highest BCUT2D eigenvalue weighted by Crippen LogP contribution is 2.38. The van der Waals surface area contributed by atoms with Crippen molar-refractivity contribution in [2.75, 3.05) is 27.3 Å². The average Bonchev–Trinajstić information content (AvgIpc) is 2.90.